The highest BCUT2D eigenvalue weighted by Crippen LogP contribution is 2.27. The van der Waals surface area contributed by atoms with Crippen LogP contribution in [0.2, 0.25) is 0 Å². The molecule has 16 heavy (non-hydrogen) atoms. The molecule has 0 saturated heterocycles. The molecule has 1 N–H and O–H groups in total. The molecule has 0 fully saturated rings. The fourth-order valence-electron chi connectivity index (χ4n) is 1.87. The average Bonchev–Trinajstić information content (AvgIpc) is 2.25. The summed E-state index contributed by atoms with van der Waals surface area (Å²) in [5, 5.41) is 3.56. The Bertz CT molecular complexity index is 334. The van der Waals surface area contributed by atoms with Crippen molar-refractivity contribution in [1.82, 2.24) is 0 Å². The Morgan fingerprint density at radius 1 is 1.31 bits per heavy atom. The normalized spacial score (nSPS) is 12.6. The van der Waals surface area contributed by atoms with Gasteiger partial charge in [-0.2, -0.15) is 0 Å². The highest BCUT2D eigenvalue weighted by Gasteiger charge is 2.12. The minimum absolute atomic E-state index is 0.496. The van der Waals surface area contributed by atoms with Crippen LogP contribution in [0.4, 0.5) is 5.69 Å². The van der Waals surface area contributed by atoms with Gasteiger partial charge in [-0.25, -0.2) is 0 Å². The summed E-state index contributed by atoms with van der Waals surface area (Å²) < 4.78 is 5.36. The number of aryl methyl sites for hydroxylation is 1. The van der Waals surface area contributed by atoms with Crippen LogP contribution in [0.15, 0.2) is 18.2 Å². The molecule has 1 aromatic carbocycles. The summed E-state index contributed by atoms with van der Waals surface area (Å²) in [7, 11) is 1.71. The fourth-order valence-corrected chi connectivity index (χ4v) is 1.87. The zero-order valence-electron chi connectivity index (χ0n) is 11.0. The molecule has 0 saturated carbocycles. The Kier molecular flexibility index (Phi) is 4.66. The second-order valence-corrected chi connectivity index (χ2v) is 4.61. The van der Waals surface area contributed by atoms with Crippen LogP contribution in [0.3, 0.4) is 0 Å². The van der Waals surface area contributed by atoms with Gasteiger partial charge in [0.2, 0.25) is 0 Å². The Balaban J connectivity index is 2.89. The van der Waals surface area contributed by atoms with E-state index in [0.29, 0.717) is 12.0 Å². The van der Waals surface area contributed by atoms with Crippen molar-refractivity contribution in [2.75, 3.05) is 12.4 Å². The molecular weight excluding hydrogens is 198 g/mol. The van der Waals surface area contributed by atoms with Crippen LogP contribution >= 0.6 is 0 Å². The fraction of sp³-hybridized carbons (Fsp3) is 0.571. The number of methoxy groups -OCH3 is 1. The van der Waals surface area contributed by atoms with E-state index in [1.165, 1.54) is 5.56 Å². The van der Waals surface area contributed by atoms with Gasteiger partial charge < -0.3 is 10.1 Å². The standard InChI is InChI=1S/C14H23NO/c1-6-12(10(2)3)15-13-9-11(4)7-8-14(13)16-5/h7-10,12,15H,6H2,1-5H3. The molecule has 0 spiro atoms. The minimum atomic E-state index is 0.496. The maximum atomic E-state index is 5.36. The number of hydrogen-bond donors (Lipinski definition) is 1. The lowest BCUT2D eigenvalue weighted by Crippen LogP contribution is -2.24. The number of ether oxygens (including phenoxy) is 1. The molecule has 0 bridgehead atoms. The van der Waals surface area contributed by atoms with Gasteiger partial charge >= 0.3 is 0 Å². The van der Waals surface area contributed by atoms with E-state index in [9.17, 15) is 0 Å². The van der Waals surface area contributed by atoms with E-state index in [4.69, 9.17) is 4.74 Å². The van der Waals surface area contributed by atoms with Gasteiger partial charge in [-0.15, -0.1) is 0 Å². The molecule has 0 radical (unpaired) electrons. The summed E-state index contributed by atoms with van der Waals surface area (Å²) in [6.07, 6.45) is 1.12. The summed E-state index contributed by atoms with van der Waals surface area (Å²) in [6.45, 7) is 8.79. The highest BCUT2D eigenvalue weighted by atomic mass is 16.5. The van der Waals surface area contributed by atoms with Gasteiger partial charge in [0.25, 0.3) is 0 Å². The van der Waals surface area contributed by atoms with Gasteiger partial charge in [0.15, 0.2) is 0 Å². The van der Waals surface area contributed by atoms with E-state index < -0.39 is 0 Å². The highest BCUT2D eigenvalue weighted by molar-refractivity contribution is 5.58. The Hall–Kier alpha value is -1.18. The third kappa shape index (κ3) is 3.16. The molecular formula is C14H23NO. The lowest BCUT2D eigenvalue weighted by molar-refractivity contribution is 0.414. The Morgan fingerprint density at radius 2 is 2.00 bits per heavy atom. The van der Waals surface area contributed by atoms with E-state index in [0.717, 1.165) is 17.9 Å². The molecule has 0 aromatic heterocycles. The minimum Gasteiger partial charge on any atom is -0.495 e. The smallest absolute Gasteiger partial charge is 0.141 e. The molecule has 0 aliphatic heterocycles. The number of nitrogens with one attached hydrogen (secondary N) is 1. The van der Waals surface area contributed by atoms with Gasteiger partial charge in [-0.05, 0) is 37.0 Å². The first-order valence-corrected chi connectivity index (χ1v) is 5.99. The lowest BCUT2D eigenvalue weighted by Gasteiger charge is -2.23. The van der Waals surface area contributed by atoms with Crippen molar-refractivity contribution in [2.45, 2.75) is 40.2 Å². The summed E-state index contributed by atoms with van der Waals surface area (Å²) in [5.74, 6) is 1.54. The van der Waals surface area contributed by atoms with Crippen molar-refractivity contribution in [3.05, 3.63) is 23.8 Å². The largest absolute Gasteiger partial charge is 0.495 e. The lowest BCUT2D eigenvalue weighted by atomic mass is 10.0. The second-order valence-electron chi connectivity index (χ2n) is 4.61. The summed E-state index contributed by atoms with van der Waals surface area (Å²) in [4.78, 5) is 0. The SMILES string of the molecule is CCC(Nc1cc(C)ccc1OC)C(C)C. The van der Waals surface area contributed by atoms with Crippen molar-refractivity contribution in [3.8, 4) is 5.75 Å². The number of rotatable bonds is 5. The van der Waals surface area contributed by atoms with Gasteiger partial charge in [-0.3, -0.25) is 0 Å². The monoisotopic (exact) mass is 221 g/mol. The third-order valence-corrected chi connectivity index (χ3v) is 2.94. The number of anilines is 1. The second kappa shape index (κ2) is 5.78. The predicted molar refractivity (Wildman–Crippen MR) is 70.3 cm³/mol. The van der Waals surface area contributed by atoms with Crippen molar-refractivity contribution >= 4 is 5.69 Å². The van der Waals surface area contributed by atoms with Crippen LogP contribution in [0.25, 0.3) is 0 Å². The maximum absolute atomic E-state index is 5.36. The van der Waals surface area contributed by atoms with Crippen molar-refractivity contribution < 1.29 is 4.74 Å². The van der Waals surface area contributed by atoms with Crippen LogP contribution in [0, 0.1) is 12.8 Å². The molecule has 1 atom stereocenters. The number of benzene rings is 1. The summed E-state index contributed by atoms with van der Waals surface area (Å²) in [5.41, 5.74) is 2.35. The van der Waals surface area contributed by atoms with Gasteiger partial charge in [0.05, 0.1) is 12.8 Å². The molecule has 1 aromatic rings. The van der Waals surface area contributed by atoms with Crippen LogP contribution in [0.1, 0.15) is 32.8 Å². The van der Waals surface area contributed by atoms with E-state index >= 15 is 0 Å². The summed E-state index contributed by atoms with van der Waals surface area (Å²) >= 11 is 0. The van der Waals surface area contributed by atoms with Crippen molar-refractivity contribution in [3.63, 3.8) is 0 Å². The first-order valence-electron chi connectivity index (χ1n) is 5.99. The van der Waals surface area contributed by atoms with Crippen LogP contribution < -0.4 is 10.1 Å². The molecule has 0 amide bonds. The maximum Gasteiger partial charge on any atom is 0.141 e. The van der Waals surface area contributed by atoms with Crippen molar-refractivity contribution in [2.24, 2.45) is 5.92 Å². The molecule has 2 heteroatoms. The van der Waals surface area contributed by atoms with E-state index in [1.807, 2.05) is 6.07 Å². The Labute approximate surface area is 99.0 Å². The predicted octanol–water partition coefficient (Wildman–Crippen LogP) is 3.85. The molecule has 90 valence electrons. The van der Waals surface area contributed by atoms with Crippen molar-refractivity contribution in [1.29, 1.82) is 0 Å². The van der Waals surface area contributed by atoms with Gasteiger partial charge in [-0.1, -0.05) is 26.8 Å². The zero-order chi connectivity index (χ0) is 12.1. The Morgan fingerprint density at radius 3 is 2.50 bits per heavy atom. The number of hydrogen-bond acceptors (Lipinski definition) is 2. The molecule has 0 heterocycles. The average molecular weight is 221 g/mol. The van der Waals surface area contributed by atoms with E-state index in [-0.39, 0.29) is 0 Å². The molecule has 1 unspecified atom stereocenters. The first-order chi connectivity index (χ1) is 7.58. The van der Waals surface area contributed by atoms with E-state index in [2.05, 4.69) is 45.1 Å². The molecule has 0 aliphatic rings. The van der Waals surface area contributed by atoms with Crippen LogP contribution in [0.5, 0.6) is 5.75 Å². The first kappa shape index (κ1) is 12.9. The third-order valence-electron chi connectivity index (χ3n) is 2.94. The van der Waals surface area contributed by atoms with Gasteiger partial charge in [0.1, 0.15) is 5.75 Å². The van der Waals surface area contributed by atoms with Crippen LogP contribution in [-0.2, 0) is 0 Å². The topological polar surface area (TPSA) is 21.3 Å². The quantitative estimate of drug-likeness (QED) is 0.815. The van der Waals surface area contributed by atoms with E-state index in [1.54, 1.807) is 7.11 Å². The molecule has 2 nitrogen and oxygen atoms in total. The zero-order valence-corrected chi connectivity index (χ0v) is 11.0. The van der Waals surface area contributed by atoms with Gasteiger partial charge in [0, 0.05) is 6.04 Å². The summed E-state index contributed by atoms with van der Waals surface area (Å²) in [6, 6.07) is 6.73. The molecule has 1 rings (SSSR count). The molecule has 0 aliphatic carbocycles. The van der Waals surface area contributed by atoms with Crippen LogP contribution in [-0.4, -0.2) is 13.2 Å².